The van der Waals surface area contributed by atoms with Crippen molar-refractivity contribution in [3.8, 4) is 11.5 Å². The molecule has 2 aromatic carbocycles. The smallest absolute Gasteiger partial charge is 0.330 e. The molecule has 0 saturated heterocycles. The molecule has 2 unspecified atom stereocenters. The minimum absolute atomic E-state index is 0.0353. The van der Waals surface area contributed by atoms with Crippen LogP contribution in [0.15, 0.2) is 66.7 Å². The predicted octanol–water partition coefficient (Wildman–Crippen LogP) is 4.52. The van der Waals surface area contributed by atoms with E-state index in [1.54, 1.807) is 6.08 Å². The Morgan fingerprint density at radius 1 is 1.04 bits per heavy atom. The second-order valence-corrected chi connectivity index (χ2v) is 7.38. The Kier molecular flexibility index (Phi) is 5.83. The van der Waals surface area contributed by atoms with Crippen LogP contribution in [0.1, 0.15) is 19.4 Å². The van der Waals surface area contributed by atoms with Gasteiger partial charge >= 0.3 is 11.9 Å². The second-order valence-electron chi connectivity index (χ2n) is 7.38. The van der Waals surface area contributed by atoms with Gasteiger partial charge < -0.3 is 14.2 Å². The van der Waals surface area contributed by atoms with Crippen molar-refractivity contribution in [3.05, 3.63) is 72.3 Å². The Balaban J connectivity index is 1.57. The third kappa shape index (κ3) is 4.60. The Morgan fingerprint density at radius 2 is 1.75 bits per heavy atom. The summed E-state index contributed by atoms with van der Waals surface area (Å²) in [4.78, 5) is 23.8. The van der Waals surface area contributed by atoms with E-state index >= 15 is 0 Å². The van der Waals surface area contributed by atoms with Crippen molar-refractivity contribution < 1.29 is 23.8 Å². The molecule has 146 valence electrons. The molecule has 1 aliphatic rings. The van der Waals surface area contributed by atoms with Crippen LogP contribution in [0.2, 0.25) is 0 Å². The second kappa shape index (κ2) is 8.30. The Hall–Kier alpha value is -3.08. The highest BCUT2D eigenvalue weighted by Gasteiger charge is 2.61. The van der Waals surface area contributed by atoms with Crippen LogP contribution >= 0.6 is 0 Å². The van der Waals surface area contributed by atoms with E-state index in [9.17, 15) is 9.59 Å². The molecule has 28 heavy (non-hydrogen) atoms. The summed E-state index contributed by atoms with van der Waals surface area (Å²) in [6, 6.07) is 17.0. The van der Waals surface area contributed by atoms with Crippen molar-refractivity contribution in [2.45, 2.75) is 20.5 Å². The fourth-order valence-electron chi connectivity index (χ4n) is 3.30. The molecule has 1 saturated carbocycles. The summed E-state index contributed by atoms with van der Waals surface area (Å²) in [5.74, 6) is 0.440. The molecule has 0 aliphatic heterocycles. The van der Waals surface area contributed by atoms with Gasteiger partial charge in [0.15, 0.2) is 0 Å². The first-order chi connectivity index (χ1) is 13.4. The Bertz CT molecular complexity index is 870. The Morgan fingerprint density at radius 3 is 2.46 bits per heavy atom. The standard InChI is InChI=1S/C23H24O5/c1-23(2)19(12-13-20(24)26-3)21(23)22(25)27-15-16-8-7-11-18(14-16)28-17-9-5-4-6-10-17/h4-14,19,21H,15H2,1-3H3. The number of carbonyl (C=O) groups excluding carboxylic acids is 2. The minimum Gasteiger partial charge on any atom is -0.466 e. The lowest BCUT2D eigenvalue weighted by Crippen LogP contribution is -2.10. The molecule has 1 aliphatic carbocycles. The fourth-order valence-corrected chi connectivity index (χ4v) is 3.30. The van der Waals surface area contributed by atoms with Gasteiger partial charge in [0, 0.05) is 6.08 Å². The number of esters is 2. The molecule has 0 bridgehead atoms. The highest BCUT2D eigenvalue weighted by molar-refractivity contribution is 5.83. The minimum atomic E-state index is -0.426. The van der Waals surface area contributed by atoms with E-state index in [0.29, 0.717) is 5.75 Å². The molecular formula is C23H24O5. The number of benzene rings is 2. The largest absolute Gasteiger partial charge is 0.466 e. The number of hydrogen-bond donors (Lipinski definition) is 0. The molecule has 2 aromatic rings. The van der Waals surface area contributed by atoms with Gasteiger partial charge in [0.25, 0.3) is 0 Å². The van der Waals surface area contributed by atoms with E-state index in [1.165, 1.54) is 13.2 Å². The summed E-state index contributed by atoms with van der Waals surface area (Å²) in [7, 11) is 1.33. The molecule has 0 aromatic heterocycles. The van der Waals surface area contributed by atoms with Crippen LogP contribution in [0.3, 0.4) is 0 Å². The summed E-state index contributed by atoms with van der Waals surface area (Å²) >= 11 is 0. The van der Waals surface area contributed by atoms with Crippen LogP contribution in [-0.2, 0) is 25.7 Å². The van der Waals surface area contributed by atoms with Gasteiger partial charge in [-0.05, 0) is 41.2 Å². The molecule has 1 fully saturated rings. The third-order valence-electron chi connectivity index (χ3n) is 5.06. The highest BCUT2D eigenvalue weighted by atomic mass is 16.5. The number of rotatable bonds is 7. The van der Waals surface area contributed by atoms with Gasteiger partial charge in [0.05, 0.1) is 13.0 Å². The van der Waals surface area contributed by atoms with E-state index in [1.807, 2.05) is 68.4 Å². The Labute approximate surface area is 164 Å². The molecule has 2 atom stereocenters. The van der Waals surface area contributed by atoms with Crippen molar-refractivity contribution in [2.24, 2.45) is 17.3 Å². The summed E-state index contributed by atoms with van der Waals surface area (Å²) < 4.78 is 15.9. The van der Waals surface area contributed by atoms with Gasteiger partial charge in [-0.1, -0.05) is 50.3 Å². The molecule has 0 N–H and O–H groups in total. The lowest BCUT2D eigenvalue weighted by atomic mass is 10.1. The van der Waals surface area contributed by atoms with Gasteiger partial charge in [0.2, 0.25) is 0 Å². The van der Waals surface area contributed by atoms with Gasteiger partial charge in [-0.2, -0.15) is 0 Å². The lowest BCUT2D eigenvalue weighted by molar-refractivity contribution is -0.147. The summed E-state index contributed by atoms with van der Waals surface area (Å²) in [6.07, 6.45) is 3.09. The number of para-hydroxylation sites is 1. The zero-order valence-corrected chi connectivity index (χ0v) is 16.3. The zero-order chi connectivity index (χ0) is 20.1. The van der Waals surface area contributed by atoms with Crippen LogP contribution in [0.25, 0.3) is 0 Å². The molecule has 0 spiro atoms. The predicted molar refractivity (Wildman–Crippen MR) is 105 cm³/mol. The van der Waals surface area contributed by atoms with E-state index in [2.05, 4.69) is 4.74 Å². The molecule has 5 nitrogen and oxygen atoms in total. The highest BCUT2D eigenvalue weighted by Crippen LogP contribution is 2.59. The average molecular weight is 380 g/mol. The van der Waals surface area contributed by atoms with Crippen molar-refractivity contribution in [1.29, 1.82) is 0 Å². The molecular weight excluding hydrogens is 356 g/mol. The summed E-state index contributed by atoms with van der Waals surface area (Å²) in [5, 5.41) is 0. The first-order valence-electron chi connectivity index (χ1n) is 9.16. The fraction of sp³-hybridized carbons (Fsp3) is 0.304. The maximum Gasteiger partial charge on any atom is 0.330 e. The molecule has 3 rings (SSSR count). The van der Waals surface area contributed by atoms with Gasteiger partial charge in [0.1, 0.15) is 18.1 Å². The first kappa shape index (κ1) is 19.7. The molecule has 0 heterocycles. The third-order valence-corrected chi connectivity index (χ3v) is 5.06. The van der Waals surface area contributed by atoms with E-state index in [0.717, 1.165) is 11.3 Å². The maximum atomic E-state index is 12.5. The summed E-state index contributed by atoms with van der Waals surface area (Å²) in [6.45, 7) is 4.14. The van der Waals surface area contributed by atoms with E-state index in [-0.39, 0.29) is 29.8 Å². The number of hydrogen-bond acceptors (Lipinski definition) is 5. The SMILES string of the molecule is COC(=O)C=CC1C(C(=O)OCc2cccc(Oc3ccccc3)c2)C1(C)C. The maximum absolute atomic E-state index is 12.5. The quantitative estimate of drug-likeness (QED) is 0.522. The van der Waals surface area contributed by atoms with Crippen LogP contribution in [0.4, 0.5) is 0 Å². The van der Waals surface area contributed by atoms with E-state index < -0.39 is 5.97 Å². The number of methoxy groups -OCH3 is 1. The van der Waals surface area contributed by atoms with Crippen LogP contribution in [0, 0.1) is 17.3 Å². The van der Waals surface area contributed by atoms with Gasteiger partial charge in [-0.15, -0.1) is 0 Å². The zero-order valence-electron chi connectivity index (χ0n) is 16.3. The molecule has 0 amide bonds. The number of ether oxygens (including phenoxy) is 3. The van der Waals surface area contributed by atoms with Crippen LogP contribution < -0.4 is 4.74 Å². The number of allylic oxidation sites excluding steroid dienone is 1. The average Bonchev–Trinajstić information content (AvgIpc) is 3.25. The topological polar surface area (TPSA) is 61.8 Å². The summed E-state index contributed by atoms with van der Waals surface area (Å²) in [5.41, 5.74) is 0.613. The van der Waals surface area contributed by atoms with Crippen molar-refractivity contribution >= 4 is 11.9 Å². The van der Waals surface area contributed by atoms with Crippen molar-refractivity contribution in [1.82, 2.24) is 0 Å². The first-order valence-corrected chi connectivity index (χ1v) is 9.16. The van der Waals surface area contributed by atoms with Crippen LogP contribution in [0.5, 0.6) is 11.5 Å². The van der Waals surface area contributed by atoms with Gasteiger partial charge in [-0.3, -0.25) is 4.79 Å². The lowest BCUT2D eigenvalue weighted by Gasteiger charge is -2.09. The van der Waals surface area contributed by atoms with Crippen molar-refractivity contribution in [2.75, 3.05) is 7.11 Å². The number of carbonyl (C=O) groups is 2. The van der Waals surface area contributed by atoms with Crippen LogP contribution in [-0.4, -0.2) is 19.0 Å². The normalized spacial score (nSPS) is 19.8. The molecule has 5 heteroatoms. The van der Waals surface area contributed by atoms with E-state index in [4.69, 9.17) is 9.47 Å². The van der Waals surface area contributed by atoms with Crippen molar-refractivity contribution in [3.63, 3.8) is 0 Å². The molecule has 0 radical (unpaired) electrons. The van der Waals surface area contributed by atoms with Gasteiger partial charge in [-0.25, -0.2) is 4.79 Å². The monoisotopic (exact) mass is 380 g/mol.